The van der Waals surface area contributed by atoms with Crippen molar-refractivity contribution in [1.29, 1.82) is 0 Å². The van der Waals surface area contributed by atoms with Crippen LogP contribution in [0.25, 0.3) is 0 Å². The number of pyridine rings is 1. The number of H-pyrrole nitrogens is 1. The van der Waals surface area contributed by atoms with E-state index in [9.17, 15) is 9.59 Å². The molecular formula is C36H38Cl2N3O6S+. The second kappa shape index (κ2) is 14.8. The van der Waals surface area contributed by atoms with Crippen LogP contribution in [0.15, 0.2) is 73.1 Å². The molecule has 0 bridgehead atoms. The van der Waals surface area contributed by atoms with Crippen LogP contribution in [0.1, 0.15) is 43.8 Å². The van der Waals surface area contributed by atoms with E-state index in [0.717, 1.165) is 30.0 Å². The monoisotopic (exact) mass is 710 g/mol. The quantitative estimate of drug-likeness (QED) is 0.165. The second-order valence-electron chi connectivity index (χ2n) is 12.3. The molecule has 6 rings (SSSR count). The van der Waals surface area contributed by atoms with Crippen molar-refractivity contribution >= 4 is 46.5 Å². The van der Waals surface area contributed by atoms with Crippen molar-refractivity contribution in [2.75, 3.05) is 47.4 Å². The van der Waals surface area contributed by atoms with E-state index in [2.05, 4.69) is 14.8 Å². The number of likely N-dealkylation sites (tertiary alicyclic amines) is 2. The third-order valence-corrected chi connectivity index (χ3v) is 10.7. The topological polar surface area (TPSA) is 91.7 Å². The van der Waals surface area contributed by atoms with Crippen molar-refractivity contribution in [3.63, 3.8) is 0 Å². The maximum absolute atomic E-state index is 13.6. The highest BCUT2D eigenvalue weighted by Gasteiger charge is 2.52. The van der Waals surface area contributed by atoms with Crippen LogP contribution < -0.4 is 14.5 Å². The number of nitrogens with one attached hydrogen (secondary N) is 1. The summed E-state index contributed by atoms with van der Waals surface area (Å²) in [5.74, 6) is 0.432. The fourth-order valence-electron chi connectivity index (χ4n) is 6.39. The Bertz CT molecular complexity index is 1740. The number of methoxy groups -OCH3 is 2. The zero-order valence-corrected chi connectivity index (χ0v) is 29.4. The van der Waals surface area contributed by atoms with Gasteiger partial charge in [-0.25, -0.2) is 9.78 Å². The van der Waals surface area contributed by atoms with Crippen LogP contribution >= 0.6 is 34.5 Å². The lowest BCUT2D eigenvalue weighted by Gasteiger charge is -2.48. The van der Waals surface area contributed by atoms with Crippen molar-refractivity contribution in [2.45, 2.75) is 37.0 Å². The first-order chi connectivity index (χ1) is 23.2. The minimum Gasteiger partial charge on any atom is -0.493 e. The minimum atomic E-state index is -0.716. The van der Waals surface area contributed by atoms with Crippen LogP contribution in [0.5, 0.6) is 11.5 Å². The summed E-state index contributed by atoms with van der Waals surface area (Å²) in [6.45, 7) is 3.34. The van der Waals surface area contributed by atoms with E-state index >= 15 is 0 Å². The predicted molar refractivity (Wildman–Crippen MR) is 184 cm³/mol. The Balaban J connectivity index is 1.16. The number of nitrogens with zero attached hydrogens (tertiary/aromatic N) is 2. The number of likely N-dealkylation sites (N-methyl/N-ethyl adjacent to an activating group) is 1. The Morgan fingerprint density at radius 3 is 2.40 bits per heavy atom. The van der Waals surface area contributed by atoms with E-state index in [1.54, 1.807) is 44.8 Å². The van der Waals surface area contributed by atoms with Gasteiger partial charge in [0.2, 0.25) is 0 Å². The second-order valence-corrected chi connectivity index (χ2v) is 14.3. The molecule has 4 aromatic rings. The number of esters is 2. The lowest BCUT2D eigenvalue weighted by Crippen LogP contribution is -2.63. The summed E-state index contributed by atoms with van der Waals surface area (Å²) in [5.41, 5.74) is 1.60. The van der Waals surface area contributed by atoms with Crippen LogP contribution in [-0.4, -0.2) is 75.3 Å². The van der Waals surface area contributed by atoms with Gasteiger partial charge in [-0.1, -0.05) is 59.6 Å². The van der Waals surface area contributed by atoms with Gasteiger partial charge in [-0.3, -0.25) is 9.69 Å². The zero-order chi connectivity index (χ0) is 33.8. The molecule has 0 aliphatic carbocycles. The van der Waals surface area contributed by atoms with Gasteiger partial charge in [0.25, 0.3) is 0 Å². The SMILES string of the molecule is COc1ccc([C@H](Cc2c(Cl)c[nH+]cc2Cl)OC(=O)c2ccc(CN3CC(C(=O)OC4CCN(C)C4)(c4ccccc4)C3)s2)cc1OC. The van der Waals surface area contributed by atoms with E-state index in [0.29, 0.717) is 57.2 Å². The molecule has 2 saturated heterocycles. The number of aromatic nitrogens is 1. The van der Waals surface area contributed by atoms with Crippen LogP contribution in [0.4, 0.5) is 0 Å². The van der Waals surface area contributed by atoms with Crippen LogP contribution in [-0.2, 0) is 32.6 Å². The van der Waals surface area contributed by atoms with Gasteiger partial charge < -0.3 is 23.8 Å². The van der Waals surface area contributed by atoms with Gasteiger partial charge in [0, 0.05) is 49.6 Å². The minimum absolute atomic E-state index is 0.0851. The molecule has 48 heavy (non-hydrogen) atoms. The van der Waals surface area contributed by atoms with Gasteiger partial charge >= 0.3 is 11.9 Å². The highest BCUT2D eigenvalue weighted by atomic mass is 35.5. The number of thiophene rings is 1. The Labute approximate surface area is 294 Å². The predicted octanol–water partition coefficient (Wildman–Crippen LogP) is 6.03. The first-order valence-corrected chi connectivity index (χ1v) is 17.3. The maximum atomic E-state index is 13.6. The molecule has 12 heteroatoms. The van der Waals surface area contributed by atoms with Gasteiger partial charge in [0.1, 0.15) is 32.5 Å². The first-order valence-electron chi connectivity index (χ1n) is 15.7. The number of benzene rings is 2. The fraction of sp³-hybridized carbons (Fsp3) is 0.361. The third-order valence-electron chi connectivity index (χ3n) is 8.98. The van der Waals surface area contributed by atoms with Crippen molar-refractivity contribution < 1.29 is 33.5 Å². The average molecular weight is 712 g/mol. The van der Waals surface area contributed by atoms with E-state index in [4.69, 9.17) is 42.1 Å². The number of rotatable bonds is 12. The molecule has 2 aromatic heterocycles. The van der Waals surface area contributed by atoms with E-state index < -0.39 is 17.5 Å². The molecule has 0 radical (unpaired) electrons. The molecule has 252 valence electrons. The number of carbonyl (C=O) groups excluding carboxylic acids is 2. The van der Waals surface area contributed by atoms with Crippen LogP contribution in [0.2, 0.25) is 10.0 Å². The molecule has 2 fully saturated rings. The fourth-order valence-corrected chi connectivity index (χ4v) is 7.85. The summed E-state index contributed by atoms with van der Waals surface area (Å²) in [4.78, 5) is 36.0. The summed E-state index contributed by atoms with van der Waals surface area (Å²) >= 11 is 14.3. The zero-order valence-electron chi connectivity index (χ0n) is 27.0. The Morgan fingerprint density at radius 2 is 1.73 bits per heavy atom. The van der Waals surface area contributed by atoms with Gasteiger partial charge in [0.05, 0.1) is 14.2 Å². The number of ether oxygens (including phenoxy) is 4. The normalized spacial score (nSPS) is 18.1. The number of hydrogen-bond donors (Lipinski definition) is 0. The van der Waals surface area contributed by atoms with Gasteiger partial charge in [0.15, 0.2) is 23.9 Å². The number of carbonyl (C=O) groups is 2. The van der Waals surface area contributed by atoms with Crippen molar-refractivity contribution in [3.05, 3.63) is 110 Å². The highest BCUT2D eigenvalue weighted by Crippen LogP contribution is 2.39. The molecule has 2 atom stereocenters. The van der Waals surface area contributed by atoms with Gasteiger partial charge in [-0.05, 0) is 48.9 Å². The Kier molecular flexibility index (Phi) is 10.6. The summed E-state index contributed by atoms with van der Waals surface area (Å²) < 4.78 is 23.1. The molecule has 9 nitrogen and oxygen atoms in total. The van der Waals surface area contributed by atoms with Crippen LogP contribution in [0.3, 0.4) is 0 Å². The van der Waals surface area contributed by atoms with Crippen LogP contribution in [0, 0.1) is 0 Å². The molecule has 0 amide bonds. The van der Waals surface area contributed by atoms with Crippen molar-refractivity contribution in [1.82, 2.24) is 9.80 Å². The number of hydrogen-bond acceptors (Lipinski definition) is 9. The van der Waals surface area contributed by atoms with Crippen molar-refractivity contribution in [2.24, 2.45) is 0 Å². The molecule has 2 aliphatic heterocycles. The molecule has 2 aliphatic rings. The summed E-state index contributed by atoms with van der Waals surface area (Å²) in [6, 6.07) is 19.0. The Morgan fingerprint density at radius 1 is 1.00 bits per heavy atom. The van der Waals surface area contributed by atoms with Crippen molar-refractivity contribution in [3.8, 4) is 11.5 Å². The number of halogens is 2. The summed E-state index contributed by atoms with van der Waals surface area (Å²) in [6.07, 6.45) is 3.57. The molecular weight excluding hydrogens is 673 g/mol. The molecule has 0 saturated carbocycles. The average Bonchev–Trinajstić information content (AvgIpc) is 3.72. The molecule has 1 unspecified atom stereocenters. The van der Waals surface area contributed by atoms with E-state index in [1.807, 2.05) is 49.5 Å². The lowest BCUT2D eigenvalue weighted by atomic mass is 9.73. The van der Waals surface area contributed by atoms with E-state index in [-0.39, 0.29) is 18.5 Å². The smallest absolute Gasteiger partial charge is 0.348 e. The Hall–Kier alpha value is -3.67. The van der Waals surface area contributed by atoms with Gasteiger partial charge in [-0.15, -0.1) is 11.3 Å². The van der Waals surface area contributed by atoms with Gasteiger partial charge in [-0.2, -0.15) is 0 Å². The third kappa shape index (κ3) is 7.33. The highest BCUT2D eigenvalue weighted by molar-refractivity contribution is 7.13. The largest absolute Gasteiger partial charge is 0.493 e. The summed E-state index contributed by atoms with van der Waals surface area (Å²) in [5, 5.41) is 0.867. The first kappa shape index (κ1) is 34.2. The molecule has 0 spiro atoms. The molecule has 1 N–H and O–H groups in total. The molecule has 2 aromatic carbocycles. The summed E-state index contributed by atoms with van der Waals surface area (Å²) in [7, 11) is 5.16. The molecule has 4 heterocycles. The van der Waals surface area contributed by atoms with E-state index in [1.165, 1.54) is 11.3 Å². The maximum Gasteiger partial charge on any atom is 0.348 e. The lowest BCUT2D eigenvalue weighted by molar-refractivity contribution is -0.377. The standard InChI is InChI=1S/C36H37Cl2N3O6S/c1-40-14-13-25(19-40)46-35(43)36(24-7-5-4-6-8-24)21-41(22-36)20-26-10-12-33(48-26)34(42)47-31(16-27-28(37)17-39-18-29(27)38)23-9-11-30(44-2)32(15-23)45-3/h4-12,15,17-18,25,31H,13-14,16,19-22H2,1-3H3/p+1/t25?,31-/m0/s1. The number of aromatic amines is 1.